The molecule has 1 aromatic heterocycles. The Morgan fingerprint density at radius 2 is 2.12 bits per heavy atom. The molecule has 0 aliphatic rings. The van der Waals surface area contributed by atoms with E-state index in [1.165, 1.54) is 0 Å². The van der Waals surface area contributed by atoms with Gasteiger partial charge in [-0.3, -0.25) is 0 Å². The highest BCUT2D eigenvalue weighted by molar-refractivity contribution is 5.62. The van der Waals surface area contributed by atoms with Crippen LogP contribution in [-0.4, -0.2) is 18.1 Å². The molecule has 0 fully saturated rings. The number of nitriles is 1. The van der Waals surface area contributed by atoms with Crippen molar-refractivity contribution < 1.29 is 0 Å². The van der Waals surface area contributed by atoms with Crippen LogP contribution in [0.1, 0.15) is 20.3 Å². The minimum atomic E-state index is 0.341. The van der Waals surface area contributed by atoms with Gasteiger partial charge in [0.1, 0.15) is 11.6 Å². The van der Waals surface area contributed by atoms with E-state index >= 15 is 0 Å². The van der Waals surface area contributed by atoms with Gasteiger partial charge in [0.15, 0.2) is 0 Å². The summed E-state index contributed by atoms with van der Waals surface area (Å²) in [6, 6.07) is 5.73. The van der Waals surface area contributed by atoms with Gasteiger partial charge in [0.25, 0.3) is 0 Å². The zero-order valence-electron chi connectivity index (χ0n) is 10.3. The van der Waals surface area contributed by atoms with E-state index in [-0.39, 0.29) is 0 Å². The Kier molecular flexibility index (Phi) is 4.58. The average molecular weight is 233 g/mol. The molecule has 17 heavy (non-hydrogen) atoms. The summed E-state index contributed by atoms with van der Waals surface area (Å²) in [5.41, 5.74) is 11.8. The number of hydrogen-bond donors (Lipinski definition) is 2. The number of nitrogen functional groups attached to an aromatic ring is 2. The standard InChI is InChI=1S/C12H19N5/c1-9(2)8-17(7-3-6-13)11-5-4-10(14)12(15)16-11/h4-5,9H,3,7-8,14H2,1-2H3,(H2,15,16). The SMILES string of the molecule is CC(C)CN(CCC#N)c1ccc(N)c(N)n1. The third-order valence-electron chi connectivity index (χ3n) is 2.35. The van der Waals surface area contributed by atoms with Crippen LogP contribution in [0.4, 0.5) is 17.3 Å². The number of rotatable bonds is 5. The van der Waals surface area contributed by atoms with E-state index in [9.17, 15) is 0 Å². The van der Waals surface area contributed by atoms with Crippen LogP contribution >= 0.6 is 0 Å². The highest BCUT2D eigenvalue weighted by Gasteiger charge is 2.10. The number of nitrogens with two attached hydrogens (primary N) is 2. The highest BCUT2D eigenvalue weighted by atomic mass is 15.2. The van der Waals surface area contributed by atoms with E-state index < -0.39 is 0 Å². The molecule has 5 nitrogen and oxygen atoms in total. The van der Waals surface area contributed by atoms with Crippen molar-refractivity contribution in [3.63, 3.8) is 0 Å². The van der Waals surface area contributed by atoms with Gasteiger partial charge >= 0.3 is 0 Å². The van der Waals surface area contributed by atoms with Crippen molar-refractivity contribution >= 4 is 17.3 Å². The maximum Gasteiger partial charge on any atom is 0.149 e. The second-order valence-corrected chi connectivity index (χ2v) is 4.39. The van der Waals surface area contributed by atoms with E-state index in [0.717, 1.165) is 12.4 Å². The van der Waals surface area contributed by atoms with Gasteiger partial charge in [0, 0.05) is 13.1 Å². The van der Waals surface area contributed by atoms with Crippen molar-refractivity contribution in [3.8, 4) is 6.07 Å². The van der Waals surface area contributed by atoms with Crippen molar-refractivity contribution in [2.24, 2.45) is 5.92 Å². The van der Waals surface area contributed by atoms with Crippen LogP contribution in [0.2, 0.25) is 0 Å². The summed E-state index contributed by atoms with van der Waals surface area (Å²) in [6.07, 6.45) is 0.471. The Morgan fingerprint density at radius 3 is 2.65 bits per heavy atom. The average Bonchev–Trinajstić information content (AvgIpc) is 2.27. The molecule has 0 aliphatic heterocycles. The second kappa shape index (κ2) is 5.94. The van der Waals surface area contributed by atoms with Gasteiger partial charge in [-0.05, 0) is 18.1 Å². The predicted molar refractivity (Wildman–Crippen MR) is 70.3 cm³/mol. The predicted octanol–water partition coefficient (Wildman–Crippen LogP) is 1.62. The van der Waals surface area contributed by atoms with Gasteiger partial charge in [-0.2, -0.15) is 5.26 Å². The molecule has 0 atom stereocenters. The number of hydrogen-bond acceptors (Lipinski definition) is 5. The molecule has 0 unspecified atom stereocenters. The monoisotopic (exact) mass is 233 g/mol. The van der Waals surface area contributed by atoms with Crippen molar-refractivity contribution in [1.29, 1.82) is 5.26 Å². The molecule has 0 radical (unpaired) electrons. The molecular weight excluding hydrogens is 214 g/mol. The van der Waals surface area contributed by atoms with Crippen LogP contribution in [0.25, 0.3) is 0 Å². The van der Waals surface area contributed by atoms with E-state index in [1.54, 1.807) is 6.07 Å². The summed E-state index contributed by atoms with van der Waals surface area (Å²) in [4.78, 5) is 6.31. The van der Waals surface area contributed by atoms with Gasteiger partial charge < -0.3 is 16.4 Å². The first kappa shape index (κ1) is 13.1. The molecule has 0 bridgehead atoms. The fourth-order valence-electron chi connectivity index (χ4n) is 1.58. The van der Waals surface area contributed by atoms with Crippen molar-refractivity contribution in [2.45, 2.75) is 20.3 Å². The quantitative estimate of drug-likeness (QED) is 0.806. The minimum Gasteiger partial charge on any atom is -0.396 e. The number of pyridine rings is 1. The van der Waals surface area contributed by atoms with Gasteiger partial charge in [-0.15, -0.1) is 0 Å². The Bertz CT molecular complexity index is 408. The summed E-state index contributed by atoms with van der Waals surface area (Å²) >= 11 is 0. The minimum absolute atomic E-state index is 0.341. The van der Waals surface area contributed by atoms with Crippen LogP contribution in [0.5, 0.6) is 0 Å². The van der Waals surface area contributed by atoms with Crippen molar-refractivity contribution in [1.82, 2.24) is 4.98 Å². The Balaban J connectivity index is 2.87. The van der Waals surface area contributed by atoms with E-state index in [2.05, 4.69) is 29.8 Å². The van der Waals surface area contributed by atoms with E-state index in [0.29, 0.717) is 30.4 Å². The Labute approximate surface area is 102 Å². The maximum atomic E-state index is 8.65. The molecule has 1 heterocycles. The normalized spacial score (nSPS) is 10.2. The van der Waals surface area contributed by atoms with Gasteiger partial charge in [-0.1, -0.05) is 13.8 Å². The lowest BCUT2D eigenvalue weighted by molar-refractivity contribution is 0.608. The van der Waals surface area contributed by atoms with E-state index in [1.807, 2.05) is 6.07 Å². The number of aromatic nitrogens is 1. The summed E-state index contributed by atoms with van der Waals surface area (Å²) in [5, 5.41) is 8.65. The maximum absolute atomic E-state index is 8.65. The van der Waals surface area contributed by atoms with Crippen LogP contribution in [0, 0.1) is 17.2 Å². The fourth-order valence-corrected chi connectivity index (χ4v) is 1.58. The highest BCUT2D eigenvalue weighted by Crippen LogP contribution is 2.19. The molecular formula is C12H19N5. The largest absolute Gasteiger partial charge is 0.396 e. The summed E-state index contributed by atoms with van der Waals surface area (Å²) in [5.74, 6) is 1.61. The topological polar surface area (TPSA) is 92.0 Å². The first-order valence-corrected chi connectivity index (χ1v) is 5.68. The molecule has 4 N–H and O–H groups in total. The Hall–Kier alpha value is -1.96. The molecule has 0 spiro atoms. The fraction of sp³-hybridized carbons (Fsp3) is 0.500. The van der Waals surface area contributed by atoms with Crippen LogP contribution in [0.3, 0.4) is 0 Å². The molecule has 1 aromatic rings. The molecule has 0 saturated carbocycles. The van der Waals surface area contributed by atoms with Gasteiger partial charge in [-0.25, -0.2) is 4.98 Å². The third-order valence-corrected chi connectivity index (χ3v) is 2.35. The lowest BCUT2D eigenvalue weighted by atomic mass is 10.2. The molecule has 0 saturated heterocycles. The molecule has 5 heteroatoms. The zero-order valence-corrected chi connectivity index (χ0v) is 10.3. The first-order valence-electron chi connectivity index (χ1n) is 5.68. The van der Waals surface area contributed by atoms with Crippen molar-refractivity contribution in [3.05, 3.63) is 12.1 Å². The molecule has 0 aromatic carbocycles. The first-order chi connectivity index (χ1) is 8.04. The lowest BCUT2D eigenvalue weighted by Gasteiger charge is -2.25. The lowest BCUT2D eigenvalue weighted by Crippen LogP contribution is -2.29. The van der Waals surface area contributed by atoms with Crippen LogP contribution < -0.4 is 16.4 Å². The zero-order chi connectivity index (χ0) is 12.8. The smallest absolute Gasteiger partial charge is 0.149 e. The Morgan fingerprint density at radius 1 is 1.41 bits per heavy atom. The van der Waals surface area contributed by atoms with Crippen molar-refractivity contribution in [2.75, 3.05) is 29.5 Å². The molecule has 1 rings (SSSR count). The summed E-state index contributed by atoms with van der Waals surface area (Å²) in [7, 11) is 0. The van der Waals surface area contributed by atoms with E-state index in [4.69, 9.17) is 16.7 Å². The summed E-state index contributed by atoms with van der Waals surface area (Å²) < 4.78 is 0. The second-order valence-electron chi connectivity index (χ2n) is 4.39. The van der Waals surface area contributed by atoms with Crippen LogP contribution in [0.15, 0.2) is 12.1 Å². The third kappa shape index (κ3) is 3.83. The van der Waals surface area contributed by atoms with Crippen LogP contribution in [-0.2, 0) is 0 Å². The molecule has 92 valence electrons. The molecule has 0 aliphatic carbocycles. The van der Waals surface area contributed by atoms with Gasteiger partial charge in [0.2, 0.25) is 0 Å². The molecule has 0 amide bonds. The number of nitrogens with zero attached hydrogens (tertiary/aromatic N) is 3. The summed E-state index contributed by atoms with van der Waals surface area (Å²) in [6.45, 7) is 5.75. The number of anilines is 3. The van der Waals surface area contributed by atoms with Gasteiger partial charge in [0.05, 0.1) is 18.2 Å².